The van der Waals surface area contributed by atoms with Gasteiger partial charge in [0.05, 0.1) is 36.1 Å². The summed E-state index contributed by atoms with van der Waals surface area (Å²) < 4.78 is 7.09. The van der Waals surface area contributed by atoms with Crippen LogP contribution in [-0.2, 0) is 9.53 Å². The van der Waals surface area contributed by atoms with E-state index in [0.29, 0.717) is 10.7 Å². The molecule has 0 unspecified atom stereocenters. The van der Waals surface area contributed by atoms with E-state index >= 15 is 0 Å². The molecule has 9 heteroatoms. The maximum absolute atomic E-state index is 13.2. The Morgan fingerprint density at radius 2 is 1.74 bits per heavy atom. The molecule has 1 aliphatic heterocycles. The summed E-state index contributed by atoms with van der Waals surface area (Å²) in [5.74, 6) is -0.587. The van der Waals surface area contributed by atoms with E-state index in [1.807, 2.05) is 90.0 Å². The summed E-state index contributed by atoms with van der Waals surface area (Å²) in [5, 5.41) is 6.83. The molecule has 0 saturated carbocycles. The molecular weight excluding hydrogens is 510 g/mol. The number of benzene rings is 2. The van der Waals surface area contributed by atoms with Crippen molar-refractivity contribution in [2.45, 2.75) is 25.9 Å². The van der Waals surface area contributed by atoms with Crippen LogP contribution in [0, 0.1) is 13.8 Å². The third-order valence-electron chi connectivity index (χ3n) is 6.91. The fraction of sp³-hybridized carbons (Fsp3) is 0.200. The number of amides is 1. The molecule has 8 nitrogen and oxygen atoms in total. The van der Waals surface area contributed by atoms with Crippen molar-refractivity contribution < 1.29 is 14.3 Å². The van der Waals surface area contributed by atoms with Gasteiger partial charge < -0.3 is 24.8 Å². The molecule has 2 N–H and O–H groups in total. The number of aryl methyl sites for hydroxylation is 1. The summed E-state index contributed by atoms with van der Waals surface area (Å²) in [4.78, 5) is 32.2. The largest absolute Gasteiger partial charge is 0.465 e. The van der Waals surface area contributed by atoms with Crippen LogP contribution in [-0.4, -0.2) is 45.1 Å². The average molecular weight is 540 g/mol. The quantitative estimate of drug-likeness (QED) is 0.255. The van der Waals surface area contributed by atoms with E-state index in [9.17, 15) is 9.59 Å². The minimum absolute atomic E-state index is 0.0527. The molecule has 0 radical (unpaired) electrons. The van der Waals surface area contributed by atoms with Crippen LogP contribution < -0.4 is 10.6 Å². The standard InChI is InChI=1S/C30H29N5O3S/c1-19-17-23(20(2)35(19)25-15-8-7-13-22(25)29(37)38-3)28-27(24-14-9-10-16-31-24)33-30(39)34(28)18-26(36)32-21-11-5-4-6-12-21/h4-17,27-28H,18H2,1-3H3,(H,32,36)(H,33,39)/t27-,28-/m0/s1. The first-order chi connectivity index (χ1) is 18.9. The van der Waals surface area contributed by atoms with E-state index < -0.39 is 5.97 Å². The molecule has 0 spiro atoms. The number of nitrogens with zero attached hydrogens (tertiary/aromatic N) is 3. The number of thiocarbonyl (C=S) groups is 1. The van der Waals surface area contributed by atoms with Crippen LogP contribution in [0.4, 0.5) is 5.69 Å². The number of hydrogen-bond donors (Lipinski definition) is 2. The minimum atomic E-state index is -0.408. The van der Waals surface area contributed by atoms with Crippen molar-refractivity contribution in [1.82, 2.24) is 19.8 Å². The van der Waals surface area contributed by atoms with E-state index in [2.05, 4.69) is 21.7 Å². The third kappa shape index (κ3) is 5.13. The number of rotatable bonds is 7. The number of para-hydroxylation sites is 2. The number of nitrogens with one attached hydrogen (secondary N) is 2. The van der Waals surface area contributed by atoms with Crippen LogP contribution in [0.3, 0.4) is 0 Å². The highest BCUT2D eigenvalue weighted by Crippen LogP contribution is 2.41. The Bertz CT molecular complexity index is 1520. The smallest absolute Gasteiger partial charge is 0.339 e. The van der Waals surface area contributed by atoms with Crippen LogP contribution >= 0.6 is 12.2 Å². The molecular formula is C30H29N5O3S. The number of ether oxygens (including phenoxy) is 1. The van der Waals surface area contributed by atoms with Gasteiger partial charge in [0, 0.05) is 23.3 Å². The number of aromatic nitrogens is 2. The maximum Gasteiger partial charge on any atom is 0.339 e. The van der Waals surface area contributed by atoms with Crippen molar-refractivity contribution in [3.05, 3.63) is 113 Å². The highest BCUT2D eigenvalue weighted by Gasteiger charge is 2.42. The van der Waals surface area contributed by atoms with Gasteiger partial charge in [-0.15, -0.1) is 0 Å². The number of carbonyl (C=O) groups is 2. The monoisotopic (exact) mass is 539 g/mol. The lowest BCUT2D eigenvalue weighted by Crippen LogP contribution is -2.37. The van der Waals surface area contributed by atoms with Gasteiger partial charge in [-0.2, -0.15) is 0 Å². The number of anilines is 1. The van der Waals surface area contributed by atoms with Crippen molar-refractivity contribution >= 4 is 34.9 Å². The molecule has 1 aliphatic rings. The zero-order valence-corrected chi connectivity index (χ0v) is 22.7. The van der Waals surface area contributed by atoms with Crippen molar-refractivity contribution in [3.63, 3.8) is 0 Å². The lowest BCUT2D eigenvalue weighted by molar-refractivity contribution is -0.116. The summed E-state index contributed by atoms with van der Waals surface area (Å²) in [5.41, 5.74) is 5.56. The number of hydrogen-bond acceptors (Lipinski definition) is 5. The number of carbonyl (C=O) groups excluding carboxylic acids is 2. The molecule has 3 heterocycles. The van der Waals surface area contributed by atoms with Crippen LogP contribution in [0.5, 0.6) is 0 Å². The third-order valence-corrected chi connectivity index (χ3v) is 7.26. The first kappa shape index (κ1) is 26.1. The Morgan fingerprint density at radius 1 is 1.03 bits per heavy atom. The van der Waals surface area contributed by atoms with E-state index in [4.69, 9.17) is 17.0 Å². The summed E-state index contributed by atoms with van der Waals surface area (Å²) in [6.45, 7) is 4.06. The fourth-order valence-corrected chi connectivity index (χ4v) is 5.51. The lowest BCUT2D eigenvalue weighted by Gasteiger charge is -2.27. The predicted octanol–water partition coefficient (Wildman–Crippen LogP) is 4.89. The van der Waals surface area contributed by atoms with Crippen LogP contribution in [0.2, 0.25) is 0 Å². The average Bonchev–Trinajstić information content (AvgIpc) is 3.43. The zero-order valence-electron chi connectivity index (χ0n) is 21.9. The first-order valence-electron chi connectivity index (χ1n) is 12.6. The Labute approximate surface area is 232 Å². The zero-order chi connectivity index (χ0) is 27.5. The minimum Gasteiger partial charge on any atom is -0.465 e. The molecule has 198 valence electrons. The first-order valence-corrected chi connectivity index (χ1v) is 13.0. The van der Waals surface area contributed by atoms with Gasteiger partial charge in [-0.3, -0.25) is 9.78 Å². The molecule has 2 aromatic carbocycles. The van der Waals surface area contributed by atoms with Crippen molar-refractivity contribution in [1.29, 1.82) is 0 Å². The van der Waals surface area contributed by atoms with Crippen LogP contribution in [0.25, 0.3) is 5.69 Å². The molecule has 39 heavy (non-hydrogen) atoms. The fourth-order valence-electron chi connectivity index (χ4n) is 5.20. The van der Waals surface area contributed by atoms with Crippen molar-refractivity contribution in [2.75, 3.05) is 19.0 Å². The molecule has 4 aromatic rings. The topological polar surface area (TPSA) is 88.5 Å². The molecule has 0 bridgehead atoms. The van der Waals surface area contributed by atoms with E-state index in [1.54, 1.807) is 12.3 Å². The molecule has 1 fully saturated rings. The molecule has 1 amide bonds. The lowest BCUT2D eigenvalue weighted by atomic mass is 9.96. The molecule has 0 aliphatic carbocycles. The Morgan fingerprint density at radius 3 is 2.46 bits per heavy atom. The molecule has 2 aromatic heterocycles. The summed E-state index contributed by atoms with van der Waals surface area (Å²) >= 11 is 5.76. The number of methoxy groups -OCH3 is 1. The van der Waals surface area contributed by atoms with Crippen molar-refractivity contribution in [3.8, 4) is 5.69 Å². The second-order valence-corrected chi connectivity index (χ2v) is 9.73. The number of esters is 1. The Hall–Kier alpha value is -4.50. The Balaban J connectivity index is 1.57. The molecule has 5 rings (SSSR count). The van der Waals surface area contributed by atoms with Gasteiger partial charge in [-0.1, -0.05) is 36.4 Å². The normalized spacial score (nSPS) is 16.6. The highest BCUT2D eigenvalue weighted by atomic mass is 32.1. The van der Waals surface area contributed by atoms with Gasteiger partial charge in [0.25, 0.3) is 0 Å². The maximum atomic E-state index is 13.2. The summed E-state index contributed by atoms with van der Waals surface area (Å²) in [6.07, 6.45) is 1.75. The second kappa shape index (κ2) is 11.1. The van der Waals surface area contributed by atoms with Gasteiger partial charge in [0.1, 0.15) is 6.54 Å². The SMILES string of the molecule is COC(=O)c1ccccc1-n1c(C)cc([C@H]2[C@H](c3ccccn3)NC(=S)N2CC(=O)Nc2ccccc2)c1C. The van der Waals surface area contributed by atoms with E-state index in [1.165, 1.54) is 7.11 Å². The second-order valence-electron chi connectivity index (χ2n) is 9.34. The van der Waals surface area contributed by atoms with Crippen LogP contribution in [0.1, 0.15) is 45.1 Å². The Kier molecular flexibility index (Phi) is 7.42. The highest BCUT2D eigenvalue weighted by molar-refractivity contribution is 7.80. The van der Waals surface area contributed by atoms with Gasteiger partial charge >= 0.3 is 5.97 Å². The van der Waals surface area contributed by atoms with Crippen molar-refractivity contribution in [2.24, 2.45) is 0 Å². The van der Waals surface area contributed by atoms with E-state index in [-0.39, 0.29) is 24.5 Å². The van der Waals surface area contributed by atoms with Gasteiger partial charge in [0.15, 0.2) is 5.11 Å². The van der Waals surface area contributed by atoms with Gasteiger partial charge in [-0.05, 0) is 74.1 Å². The van der Waals surface area contributed by atoms with Gasteiger partial charge in [-0.25, -0.2) is 4.79 Å². The number of pyridine rings is 1. The summed E-state index contributed by atoms with van der Waals surface area (Å²) in [6, 6.07) is 23.9. The predicted molar refractivity (Wildman–Crippen MR) is 154 cm³/mol. The molecule has 1 saturated heterocycles. The van der Waals surface area contributed by atoms with E-state index in [0.717, 1.165) is 34.0 Å². The van der Waals surface area contributed by atoms with Gasteiger partial charge in [0.2, 0.25) is 5.91 Å². The van der Waals surface area contributed by atoms with Crippen LogP contribution in [0.15, 0.2) is 85.1 Å². The molecule has 2 atom stereocenters. The summed E-state index contributed by atoms with van der Waals surface area (Å²) in [7, 11) is 1.38.